The Hall–Kier alpha value is -3.64. The second kappa shape index (κ2) is 10.9. The van der Waals surface area contributed by atoms with Crippen LogP contribution in [0.15, 0.2) is 84.9 Å². The molecule has 2 atom stereocenters. The van der Waals surface area contributed by atoms with Crippen LogP contribution in [-0.2, 0) is 17.6 Å². The maximum absolute atomic E-state index is 13.1. The van der Waals surface area contributed by atoms with Crippen molar-refractivity contribution in [3.63, 3.8) is 0 Å². The first-order valence-corrected chi connectivity index (χ1v) is 10.2. The molecule has 0 radical (unpaired) electrons. The zero-order valence-electron chi connectivity index (χ0n) is 17.2. The standard InChI is InChI=1S/C25H27N3O3/c26-21-13-11-19(12-14-21)16-23(28-24(30)20-9-5-2-6-10-20)25(31)27-22(17-29)15-18-7-3-1-4-8-18/h1-14,22-23,29H,15-17,26H2,(H,27,31)(H,28,30)/t22-,23-/m0/s1. The molecule has 0 saturated heterocycles. The van der Waals surface area contributed by atoms with E-state index in [1.807, 2.05) is 48.5 Å². The molecule has 2 amide bonds. The number of nitrogens with two attached hydrogens (primary N) is 1. The molecule has 0 aliphatic carbocycles. The lowest BCUT2D eigenvalue weighted by atomic mass is 10.0. The van der Waals surface area contributed by atoms with Crippen LogP contribution in [0.1, 0.15) is 21.5 Å². The topological polar surface area (TPSA) is 104 Å². The van der Waals surface area contributed by atoms with Crippen LogP contribution in [0.2, 0.25) is 0 Å². The number of aliphatic hydroxyl groups excluding tert-OH is 1. The Balaban J connectivity index is 1.74. The molecule has 6 heteroatoms. The fourth-order valence-electron chi connectivity index (χ4n) is 3.29. The number of amides is 2. The number of aliphatic hydroxyl groups is 1. The molecule has 0 heterocycles. The molecule has 0 unspecified atom stereocenters. The molecule has 0 bridgehead atoms. The second-order valence-electron chi connectivity index (χ2n) is 7.42. The summed E-state index contributed by atoms with van der Waals surface area (Å²) in [5.41, 5.74) is 8.73. The van der Waals surface area contributed by atoms with E-state index in [1.54, 1.807) is 36.4 Å². The SMILES string of the molecule is Nc1ccc(C[C@H](NC(=O)c2ccccc2)C(=O)N[C@H](CO)Cc2ccccc2)cc1. The van der Waals surface area contributed by atoms with E-state index in [0.717, 1.165) is 11.1 Å². The first-order valence-electron chi connectivity index (χ1n) is 10.2. The van der Waals surface area contributed by atoms with Gasteiger partial charge in [-0.05, 0) is 41.8 Å². The third-order valence-corrected chi connectivity index (χ3v) is 4.97. The number of rotatable bonds is 9. The smallest absolute Gasteiger partial charge is 0.251 e. The van der Waals surface area contributed by atoms with Gasteiger partial charge in [-0.15, -0.1) is 0 Å². The van der Waals surface area contributed by atoms with Crippen molar-refractivity contribution in [3.05, 3.63) is 102 Å². The number of benzene rings is 3. The molecule has 0 aromatic heterocycles. The van der Waals surface area contributed by atoms with Gasteiger partial charge in [-0.3, -0.25) is 9.59 Å². The van der Waals surface area contributed by atoms with Crippen LogP contribution >= 0.6 is 0 Å². The van der Waals surface area contributed by atoms with Crippen LogP contribution in [0.25, 0.3) is 0 Å². The van der Waals surface area contributed by atoms with Gasteiger partial charge in [-0.1, -0.05) is 60.7 Å². The number of carbonyl (C=O) groups excluding carboxylic acids is 2. The highest BCUT2D eigenvalue weighted by atomic mass is 16.3. The van der Waals surface area contributed by atoms with Crippen LogP contribution in [-0.4, -0.2) is 35.6 Å². The predicted molar refractivity (Wildman–Crippen MR) is 121 cm³/mol. The highest BCUT2D eigenvalue weighted by Crippen LogP contribution is 2.10. The zero-order chi connectivity index (χ0) is 22.1. The average Bonchev–Trinajstić information content (AvgIpc) is 2.80. The molecule has 160 valence electrons. The van der Waals surface area contributed by atoms with E-state index in [2.05, 4.69) is 10.6 Å². The highest BCUT2D eigenvalue weighted by Gasteiger charge is 2.24. The Morgan fingerprint density at radius 1 is 0.774 bits per heavy atom. The van der Waals surface area contributed by atoms with Crippen LogP contribution in [0.5, 0.6) is 0 Å². The summed E-state index contributed by atoms with van der Waals surface area (Å²) in [6.45, 7) is -0.206. The lowest BCUT2D eigenvalue weighted by molar-refractivity contribution is -0.124. The Morgan fingerprint density at radius 3 is 1.97 bits per heavy atom. The predicted octanol–water partition coefficient (Wildman–Crippen LogP) is 2.33. The summed E-state index contributed by atoms with van der Waals surface area (Å²) in [6.07, 6.45) is 0.790. The number of carbonyl (C=O) groups is 2. The van der Waals surface area contributed by atoms with Gasteiger partial charge in [-0.2, -0.15) is 0 Å². The molecular formula is C25H27N3O3. The third kappa shape index (κ3) is 6.69. The lowest BCUT2D eigenvalue weighted by Crippen LogP contribution is -2.52. The van der Waals surface area contributed by atoms with Gasteiger partial charge in [-0.25, -0.2) is 0 Å². The van der Waals surface area contributed by atoms with Crippen molar-refractivity contribution in [1.29, 1.82) is 0 Å². The quantitative estimate of drug-likeness (QED) is 0.401. The van der Waals surface area contributed by atoms with Gasteiger partial charge in [0, 0.05) is 17.7 Å². The summed E-state index contributed by atoms with van der Waals surface area (Å²) < 4.78 is 0. The van der Waals surface area contributed by atoms with Crippen molar-refractivity contribution in [2.45, 2.75) is 24.9 Å². The van der Waals surface area contributed by atoms with E-state index in [0.29, 0.717) is 24.1 Å². The van der Waals surface area contributed by atoms with Crippen molar-refractivity contribution in [1.82, 2.24) is 10.6 Å². The van der Waals surface area contributed by atoms with Crippen LogP contribution in [0.3, 0.4) is 0 Å². The van der Waals surface area contributed by atoms with Gasteiger partial charge in [0.25, 0.3) is 5.91 Å². The maximum atomic E-state index is 13.1. The van der Waals surface area contributed by atoms with Crippen LogP contribution < -0.4 is 16.4 Å². The summed E-state index contributed by atoms with van der Waals surface area (Å²) in [6, 6.07) is 24.3. The van der Waals surface area contributed by atoms with E-state index in [9.17, 15) is 14.7 Å². The fraction of sp³-hybridized carbons (Fsp3) is 0.200. The average molecular weight is 418 g/mol. The van der Waals surface area contributed by atoms with E-state index >= 15 is 0 Å². The van der Waals surface area contributed by atoms with Crippen LogP contribution in [0, 0.1) is 0 Å². The largest absolute Gasteiger partial charge is 0.399 e. The zero-order valence-corrected chi connectivity index (χ0v) is 17.2. The molecule has 0 fully saturated rings. The number of nitrogen functional groups attached to an aromatic ring is 1. The molecular weight excluding hydrogens is 390 g/mol. The monoisotopic (exact) mass is 417 g/mol. The van der Waals surface area contributed by atoms with Gasteiger partial charge >= 0.3 is 0 Å². The molecule has 5 N–H and O–H groups in total. The Bertz CT molecular complexity index is 976. The maximum Gasteiger partial charge on any atom is 0.251 e. The Labute approximate surface area is 182 Å². The summed E-state index contributed by atoms with van der Waals surface area (Å²) in [7, 11) is 0. The van der Waals surface area contributed by atoms with Crippen molar-refractivity contribution < 1.29 is 14.7 Å². The Kier molecular flexibility index (Phi) is 7.79. The summed E-state index contributed by atoms with van der Waals surface area (Å²) in [5.74, 6) is -0.684. The van der Waals surface area contributed by atoms with E-state index < -0.39 is 12.1 Å². The van der Waals surface area contributed by atoms with Crippen molar-refractivity contribution in [2.24, 2.45) is 0 Å². The molecule has 3 rings (SSSR count). The van der Waals surface area contributed by atoms with E-state index in [1.165, 1.54) is 0 Å². The summed E-state index contributed by atoms with van der Waals surface area (Å²) >= 11 is 0. The summed E-state index contributed by atoms with van der Waals surface area (Å²) in [5, 5.41) is 15.5. The fourth-order valence-corrected chi connectivity index (χ4v) is 3.29. The minimum Gasteiger partial charge on any atom is -0.399 e. The lowest BCUT2D eigenvalue weighted by Gasteiger charge is -2.23. The molecule has 0 saturated carbocycles. The molecule has 6 nitrogen and oxygen atoms in total. The number of hydrogen-bond donors (Lipinski definition) is 4. The third-order valence-electron chi connectivity index (χ3n) is 4.97. The van der Waals surface area contributed by atoms with E-state index in [4.69, 9.17) is 5.73 Å². The Morgan fingerprint density at radius 2 is 1.35 bits per heavy atom. The van der Waals surface area contributed by atoms with Gasteiger partial charge in [0.1, 0.15) is 6.04 Å². The number of anilines is 1. The highest BCUT2D eigenvalue weighted by molar-refractivity contribution is 5.97. The van der Waals surface area contributed by atoms with Gasteiger partial charge < -0.3 is 21.5 Å². The van der Waals surface area contributed by atoms with E-state index in [-0.39, 0.29) is 18.4 Å². The first-order chi connectivity index (χ1) is 15.0. The number of hydrogen-bond acceptors (Lipinski definition) is 4. The van der Waals surface area contributed by atoms with Gasteiger partial charge in [0.15, 0.2) is 0 Å². The van der Waals surface area contributed by atoms with Crippen molar-refractivity contribution >= 4 is 17.5 Å². The second-order valence-corrected chi connectivity index (χ2v) is 7.42. The van der Waals surface area contributed by atoms with Crippen molar-refractivity contribution in [3.8, 4) is 0 Å². The molecule has 0 aliphatic heterocycles. The molecule has 31 heavy (non-hydrogen) atoms. The first kappa shape index (κ1) is 22.1. The van der Waals surface area contributed by atoms with Crippen molar-refractivity contribution in [2.75, 3.05) is 12.3 Å². The number of nitrogens with one attached hydrogen (secondary N) is 2. The van der Waals surface area contributed by atoms with Gasteiger partial charge in [0.05, 0.1) is 12.6 Å². The normalized spacial score (nSPS) is 12.5. The van der Waals surface area contributed by atoms with Gasteiger partial charge in [0.2, 0.25) is 5.91 Å². The molecule has 3 aromatic rings. The van der Waals surface area contributed by atoms with Crippen LogP contribution in [0.4, 0.5) is 5.69 Å². The molecule has 3 aromatic carbocycles. The summed E-state index contributed by atoms with van der Waals surface area (Å²) in [4.78, 5) is 25.8. The minimum atomic E-state index is -0.804. The minimum absolute atomic E-state index is 0.206. The molecule has 0 spiro atoms. The molecule has 0 aliphatic rings.